The molecule has 9 heteroatoms. The number of methoxy groups -OCH3 is 1. The zero-order valence-electron chi connectivity index (χ0n) is 21.9. The van der Waals surface area contributed by atoms with Gasteiger partial charge in [0.25, 0.3) is 0 Å². The molecule has 4 atom stereocenters. The number of rotatable bonds is 11. The number of ether oxygens (including phenoxy) is 3. The second-order valence-electron chi connectivity index (χ2n) is 9.35. The molecule has 0 spiro atoms. The van der Waals surface area contributed by atoms with Gasteiger partial charge in [-0.15, -0.1) is 11.8 Å². The number of benzene rings is 3. The zero-order chi connectivity index (χ0) is 27.8. The molecule has 3 N–H and O–H groups in total. The average molecular weight is 552 g/mol. The van der Waals surface area contributed by atoms with Crippen molar-refractivity contribution >= 4 is 29.3 Å². The molecule has 0 aliphatic carbocycles. The number of carbonyl (C=O) groups is 2. The maximum absolute atomic E-state index is 12.0. The van der Waals surface area contributed by atoms with Gasteiger partial charge in [-0.05, 0) is 35.4 Å². The number of carbonyl (C=O) groups excluding carboxylic acids is 1. The fraction of sp³-hybridized carbons (Fsp3) is 0.333. The van der Waals surface area contributed by atoms with E-state index in [0.29, 0.717) is 11.4 Å². The van der Waals surface area contributed by atoms with Gasteiger partial charge in [0.2, 0.25) is 5.91 Å². The van der Waals surface area contributed by atoms with Crippen molar-refractivity contribution < 1.29 is 34.0 Å². The fourth-order valence-electron chi connectivity index (χ4n) is 4.39. The molecule has 0 saturated carbocycles. The Labute approximate surface area is 232 Å². The number of carboxylic acids is 1. The van der Waals surface area contributed by atoms with Crippen LogP contribution in [0.25, 0.3) is 0 Å². The molecule has 1 saturated heterocycles. The topological polar surface area (TPSA) is 114 Å². The lowest BCUT2D eigenvalue weighted by Gasteiger charge is -2.41. The monoisotopic (exact) mass is 551 g/mol. The molecule has 1 aliphatic heterocycles. The SMILES string of the molecule is COc1ccccc1SCC1OC(c2ccc(NC(=O)CCC(=O)O)cc2)OC(c2ccc(CO)cc2)C1C. The van der Waals surface area contributed by atoms with Gasteiger partial charge in [-0.3, -0.25) is 9.59 Å². The Morgan fingerprint density at radius 2 is 1.64 bits per heavy atom. The van der Waals surface area contributed by atoms with Crippen LogP contribution in [0.15, 0.2) is 77.7 Å². The van der Waals surface area contributed by atoms with E-state index in [9.17, 15) is 14.7 Å². The van der Waals surface area contributed by atoms with Gasteiger partial charge in [0.15, 0.2) is 6.29 Å². The number of carboxylic acid groups (broad SMARTS) is 1. The molecule has 0 aromatic heterocycles. The molecular formula is C30H33NO7S. The number of amides is 1. The highest BCUT2D eigenvalue weighted by Crippen LogP contribution is 2.43. The third kappa shape index (κ3) is 7.60. The van der Waals surface area contributed by atoms with Crippen LogP contribution in [0.3, 0.4) is 0 Å². The molecule has 8 nitrogen and oxygen atoms in total. The Bertz CT molecular complexity index is 1250. The second kappa shape index (κ2) is 13.6. The van der Waals surface area contributed by atoms with E-state index >= 15 is 0 Å². The van der Waals surface area contributed by atoms with Crippen LogP contribution in [0, 0.1) is 5.92 Å². The minimum Gasteiger partial charge on any atom is -0.496 e. The second-order valence-corrected chi connectivity index (χ2v) is 10.4. The van der Waals surface area contributed by atoms with Gasteiger partial charge < -0.3 is 29.7 Å². The molecule has 4 rings (SSSR count). The lowest BCUT2D eigenvalue weighted by Crippen LogP contribution is -2.38. The minimum absolute atomic E-state index is 0.0234. The Balaban J connectivity index is 1.52. The van der Waals surface area contributed by atoms with E-state index in [1.807, 2.05) is 60.7 Å². The first-order valence-electron chi connectivity index (χ1n) is 12.8. The van der Waals surface area contributed by atoms with E-state index in [-0.39, 0.29) is 43.5 Å². The Hall–Kier alpha value is -3.37. The third-order valence-corrected chi connectivity index (χ3v) is 7.77. The predicted octanol–water partition coefficient (Wildman–Crippen LogP) is 5.57. The highest BCUT2D eigenvalue weighted by molar-refractivity contribution is 7.99. The predicted molar refractivity (Wildman–Crippen MR) is 149 cm³/mol. The summed E-state index contributed by atoms with van der Waals surface area (Å²) in [5, 5.41) is 21.0. The number of anilines is 1. The lowest BCUT2D eigenvalue weighted by molar-refractivity contribution is -0.268. The largest absolute Gasteiger partial charge is 0.496 e. The molecule has 4 unspecified atom stereocenters. The summed E-state index contributed by atoms with van der Waals surface area (Å²) in [5.41, 5.74) is 3.20. The summed E-state index contributed by atoms with van der Waals surface area (Å²) in [5.74, 6) is 0.168. The van der Waals surface area contributed by atoms with Crippen molar-refractivity contribution in [1.29, 1.82) is 0 Å². The van der Waals surface area contributed by atoms with Gasteiger partial charge in [-0.2, -0.15) is 0 Å². The van der Waals surface area contributed by atoms with Gasteiger partial charge in [-0.25, -0.2) is 0 Å². The molecular weight excluding hydrogens is 518 g/mol. The van der Waals surface area contributed by atoms with Gasteiger partial charge in [0.1, 0.15) is 5.75 Å². The minimum atomic E-state index is -1.01. The number of aliphatic carboxylic acids is 1. The normalized spacial score (nSPS) is 20.8. The molecule has 1 heterocycles. The number of nitrogens with one attached hydrogen (secondary N) is 1. The van der Waals surface area contributed by atoms with Crippen LogP contribution in [0.4, 0.5) is 5.69 Å². The molecule has 39 heavy (non-hydrogen) atoms. The summed E-state index contributed by atoms with van der Waals surface area (Å²) in [6.45, 7) is 2.09. The zero-order valence-corrected chi connectivity index (χ0v) is 22.7. The van der Waals surface area contributed by atoms with Gasteiger partial charge in [0.05, 0.1) is 32.3 Å². The smallest absolute Gasteiger partial charge is 0.303 e. The molecule has 1 aliphatic rings. The standard InChI is InChI=1S/C30H33NO7S/c1-19-25(18-39-26-6-4-3-5-24(26)36-2)37-30(38-29(19)21-9-7-20(17-32)8-10-21)22-11-13-23(14-12-22)31-27(33)15-16-28(34)35/h3-14,19,25,29-30,32H,15-18H2,1-2H3,(H,31,33)(H,34,35). The maximum atomic E-state index is 12.0. The Kier molecular flexibility index (Phi) is 10.00. The summed E-state index contributed by atoms with van der Waals surface area (Å²) in [4.78, 5) is 23.8. The molecule has 1 amide bonds. The number of hydrogen-bond donors (Lipinski definition) is 3. The lowest BCUT2D eigenvalue weighted by atomic mass is 9.91. The van der Waals surface area contributed by atoms with E-state index in [4.69, 9.17) is 19.3 Å². The Morgan fingerprint density at radius 3 is 2.31 bits per heavy atom. The molecule has 0 radical (unpaired) electrons. The van der Waals surface area contributed by atoms with Crippen molar-refractivity contribution in [3.05, 3.63) is 89.5 Å². The number of aliphatic hydroxyl groups is 1. The van der Waals surface area contributed by atoms with Crippen molar-refractivity contribution in [1.82, 2.24) is 0 Å². The highest BCUT2D eigenvalue weighted by atomic mass is 32.2. The van der Waals surface area contributed by atoms with E-state index < -0.39 is 12.3 Å². The molecule has 0 bridgehead atoms. The first kappa shape index (κ1) is 28.6. The highest BCUT2D eigenvalue weighted by Gasteiger charge is 2.38. The van der Waals surface area contributed by atoms with Crippen LogP contribution >= 0.6 is 11.8 Å². The van der Waals surface area contributed by atoms with E-state index in [1.54, 1.807) is 31.0 Å². The summed E-state index contributed by atoms with van der Waals surface area (Å²) in [6, 6.07) is 22.8. The summed E-state index contributed by atoms with van der Waals surface area (Å²) < 4.78 is 18.5. The number of thioether (sulfide) groups is 1. The summed E-state index contributed by atoms with van der Waals surface area (Å²) >= 11 is 1.67. The molecule has 3 aromatic carbocycles. The van der Waals surface area contributed by atoms with Crippen molar-refractivity contribution in [2.45, 2.75) is 49.8 Å². The first-order chi connectivity index (χ1) is 18.9. The number of hydrogen-bond acceptors (Lipinski definition) is 7. The summed E-state index contributed by atoms with van der Waals surface area (Å²) in [6.07, 6.45) is -1.33. The van der Waals surface area contributed by atoms with Crippen LogP contribution in [0.5, 0.6) is 5.75 Å². The van der Waals surface area contributed by atoms with Gasteiger partial charge in [-0.1, -0.05) is 55.5 Å². The quantitative estimate of drug-likeness (QED) is 0.265. The van der Waals surface area contributed by atoms with E-state index in [0.717, 1.165) is 27.3 Å². The first-order valence-corrected chi connectivity index (χ1v) is 13.7. The third-order valence-electron chi connectivity index (χ3n) is 6.63. The van der Waals surface area contributed by atoms with Crippen molar-refractivity contribution in [2.75, 3.05) is 18.2 Å². The fourth-order valence-corrected chi connectivity index (χ4v) is 5.58. The molecule has 1 fully saturated rings. The Morgan fingerprint density at radius 1 is 0.949 bits per heavy atom. The molecule has 3 aromatic rings. The van der Waals surface area contributed by atoms with E-state index in [2.05, 4.69) is 12.2 Å². The van der Waals surface area contributed by atoms with Gasteiger partial charge >= 0.3 is 5.97 Å². The van der Waals surface area contributed by atoms with Crippen molar-refractivity contribution in [3.8, 4) is 5.75 Å². The van der Waals surface area contributed by atoms with Crippen LogP contribution in [0.1, 0.15) is 48.8 Å². The van der Waals surface area contributed by atoms with Crippen molar-refractivity contribution in [2.24, 2.45) is 5.92 Å². The molecule has 206 valence electrons. The van der Waals surface area contributed by atoms with Crippen LogP contribution < -0.4 is 10.1 Å². The van der Waals surface area contributed by atoms with Gasteiger partial charge in [0, 0.05) is 34.2 Å². The van der Waals surface area contributed by atoms with Crippen LogP contribution in [-0.4, -0.2) is 41.1 Å². The average Bonchev–Trinajstić information content (AvgIpc) is 2.96. The van der Waals surface area contributed by atoms with Crippen molar-refractivity contribution in [3.63, 3.8) is 0 Å². The van der Waals surface area contributed by atoms with Crippen LogP contribution in [-0.2, 0) is 25.7 Å². The summed E-state index contributed by atoms with van der Waals surface area (Å²) in [7, 11) is 1.66. The maximum Gasteiger partial charge on any atom is 0.303 e. The van der Waals surface area contributed by atoms with Crippen LogP contribution in [0.2, 0.25) is 0 Å². The number of aliphatic hydroxyl groups excluding tert-OH is 1. The number of para-hydroxylation sites is 1. The van der Waals surface area contributed by atoms with E-state index in [1.165, 1.54) is 0 Å².